The van der Waals surface area contributed by atoms with Crippen LogP contribution in [0.3, 0.4) is 0 Å². The number of aliphatic carboxylic acids is 1. The Kier molecular flexibility index (Phi) is 4.85. The molecule has 72 valence electrons. The van der Waals surface area contributed by atoms with Crippen molar-refractivity contribution in [1.82, 2.24) is 5.32 Å². The molecule has 0 saturated carbocycles. The van der Waals surface area contributed by atoms with Gasteiger partial charge >= 0.3 is 0 Å². The van der Waals surface area contributed by atoms with E-state index < -0.39 is 5.97 Å². The molecule has 1 aliphatic heterocycles. The molecule has 0 amide bonds. The van der Waals surface area contributed by atoms with Gasteiger partial charge in [-0.2, -0.15) is 0 Å². The average molecular weight is 174 g/mol. The molecule has 1 saturated heterocycles. The van der Waals surface area contributed by atoms with Crippen molar-refractivity contribution < 1.29 is 14.4 Å². The van der Waals surface area contributed by atoms with Gasteiger partial charge in [0.05, 0.1) is 27.2 Å². The highest BCUT2D eigenvalue weighted by atomic mass is 16.4. The maximum atomic E-state index is 8.89. The second-order valence-electron chi connectivity index (χ2n) is 3.62. The number of quaternary nitrogens is 1. The van der Waals surface area contributed by atoms with Crippen molar-refractivity contribution in [3.05, 3.63) is 0 Å². The summed E-state index contributed by atoms with van der Waals surface area (Å²) in [5.74, 6) is -1.08. The molecular formula is C8H18N2O2. The molecule has 0 unspecified atom stereocenters. The third-order valence-corrected chi connectivity index (χ3v) is 1.79. The van der Waals surface area contributed by atoms with Gasteiger partial charge in [-0.3, -0.25) is 0 Å². The van der Waals surface area contributed by atoms with Gasteiger partial charge in [0.25, 0.3) is 0 Å². The maximum absolute atomic E-state index is 8.89. The van der Waals surface area contributed by atoms with Crippen molar-refractivity contribution >= 4 is 5.97 Å². The Bertz CT molecular complexity index is 134. The largest absolute Gasteiger partial charge is 0.550 e. The molecule has 1 fully saturated rings. The molecule has 1 N–H and O–H groups in total. The summed E-state index contributed by atoms with van der Waals surface area (Å²) in [6, 6.07) is 0. The molecular weight excluding hydrogens is 156 g/mol. The van der Waals surface area contributed by atoms with Crippen molar-refractivity contribution in [3.8, 4) is 0 Å². The fourth-order valence-corrected chi connectivity index (χ4v) is 1.00. The quantitative estimate of drug-likeness (QED) is 0.451. The number of carbonyl (C=O) groups excluding carboxylic acids is 1. The molecule has 0 aliphatic carbocycles. The van der Waals surface area contributed by atoms with Crippen LogP contribution >= 0.6 is 0 Å². The van der Waals surface area contributed by atoms with Crippen LogP contribution in [0.4, 0.5) is 0 Å². The number of piperazine rings is 1. The molecule has 4 nitrogen and oxygen atoms in total. The lowest BCUT2D eigenvalue weighted by Crippen LogP contribution is -2.53. The number of carboxylic acids is 1. The molecule has 0 aromatic rings. The number of rotatable bonds is 0. The number of likely N-dealkylation sites (N-methyl/N-ethyl adjacent to an activating group) is 1. The molecule has 1 heterocycles. The van der Waals surface area contributed by atoms with E-state index in [-0.39, 0.29) is 0 Å². The summed E-state index contributed by atoms with van der Waals surface area (Å²) in [6.45, 7) is 5.90. The predicted octanol–water partition coefficient (Wildman–Crippen LogP) is -1.58. The first-order valence-corrected chi connectivity index (χ1v) is 4.14. The summed E-state index contributed by atoms with van der Waals surface area (Å²) >= 11 is 0. The first kappa shape index (κ1) is 11.4. The highest BCUT2D eigenvalue weighted by molar-refractivity contribution is 5.60. The van der Waals surface area contributed by atoms with Gasteiger partial charge < -0.3 is 19.7 Å². The standard InChI is InChI=1S/C6H15N2.C2H4O2/c1-8(2)5-3-7-4-6-8;1-2(3)4/h7H,3-6H2,1-2H3;1H3,(H,3,4)/q+1;/p-1. The van der Waals surface area contributed by atoms with Crippen LogP contribution in [0.2, 0.25) is 0 Å². The second kappa shape index (κ2) is 5.11. The summed E-state index contributed by atoms with van der Waals surface area (Å²) in [5.41, 5.74) is 0. The van der Waals surface area contributed by atoms with Crippen LogP contribution in [0.1, 0.15) is 6.92 Å². The molecule has 0 atom stereocenters. The monoisotopic (exact) mass is 174 g/mol. The Balaban J connectivity index is 0.000000261. The van der Waals surface area contributed by atoms with Crippen molar-refractivity contribution in [3.63, 3.8) is 0 Å². The van der Waals surface area contributed by atoms with E-state index in [1.165, 1.54) is 30.7 Å². The molecule has 0 aromatic heterocycles. The van der Waals surface area contributed by atoms with E-state index >= 15 is 0 Å². The van der Waals surface area contributed by atoms with Crippen molar-refractivity contribution in [2.24, 2.45) is 0 Å². The minimum Gasteiger partial charge on any atom is -0.550 e. The van der Waals surface area contributed by atoms with E-state index in [1.54, 1.807) is 0 Å². The number of nitrogens with zero attached hydrogens (tertiary/aromatic N) is 1. The van der Waals surface area contributed by atoms with E-state index in [1.807, 2.05) is 0 Å². The van der Waals surface area contributed by atoms with Gasteiger partial charge in [0.2, 0.25) is 0 Å². The molecule has 0 bridgehead atoms. The van der Waals surface area contributed by atoms with Crippen LogP contribution in [-0.4, -0.2) is 50.7 Å². The van der Waals surface area contributed by atoms with Crippen LogP contribution in [0.5, 0.6) is 0 Å². The van der Waals surface area contributed by atoms with Crippen molar-refractivity contribution in [1.29, 1.82) is 0 Å². The zero-order valence-corrected chi connectivity index (χ0v) is 8.09. The Hall–Kier alpha value is -0.610. The fourth-order valence-electron chi connectivity index (χ4n) is 1.00. The van der Waals surface area contributed by atoms with E-state index in [2.05, 4.69) is 19.4 Å². The Morgan fingerprint density at radius 1 is 1.33 bits per heavy atom. The van der Waals surface area contributed by atoms with Crippen molar-refractivity contribution in [2.45, 2.75) is 6.92 Å². The summed E-state index contributed by atoms with van der Waals surface area (Å²) in [5, 5.41) is 12.2. The van der Waals surface area contributed by atoms with E-state index in [9.17, 15) is 0 Å². The van der Waals surface area contributed by atoms with Gasteiger partial charge in [0.15, 0.2) is 0 Å². The third kappa shape index (κ3) is 7.50. The van der Waals surface area contributed by atoms with Crippen LogP contribution in [0, 0.1) is 0 Å². The number of nitrogens with one attached hydrogen (secondary N) is 1. The fraction of sp³-hybridized carbons (Fsp3) is 0.875. The van der Waals surface area contributed by atoms with E-state index in [0.29, 0.717) is 0 Å². The smallest absolute Gasteiger partial charge is 0.0909 e. The number of carbonyl (C=O) groups is 1. The second-order valence-corrected chi connectivity index (χ2v) is 3.62. The van der Waals surface area contributed by atoms with Crippen LogP contribution < -0.4 is 10.4 Å². The lowest BCUT2D eigenvalue weighted by Gasteiger charge is -2.33. The molecule has 12 heavy (non-hydrogen) atoms. The van der Waals surface area contributed by atoms with Gasteiger partial charge in [-0.15, -0.1) is 0 Å². The van der Waals surface area contributed by atoms with Gasteiger partial charge in [-0.25, -0.2) is 0 Å². The first-order chi connectivity index (χ1) is 5.44. The van der Waals surface area contributed by atoms with Crippen LogP contribution in [0.25, 0.3) is 0 Å². The molecule has 1 aliphatic rings. The zero-order valence-electron chi connectivity index (χ0n) is 8.09. The van der Waals surface area contributed by atoms with Crippen molar-refractivity contribution in [2.75, 3.05) is 40.3 Å². The SMILES string of the molecule is CC(=O)[O-].C[N+]1(C)CCNCC1. The summed E-state index contributed by atoms with van der Waals surface area (Å²) < 4.78 is 1.19. The Morgan fingerprint density at radius 2 is 1.67 bits per heavy atom. The predicted molar refractivity (Wildman–Crippen MR) is 45.4 cm³/mol. The summed E-state index contributed by atoms with van der Waals surface area (Å²) in [6.07, 6.45) is 0. The molecule has 0 aromatic carbocycles. The minimum absolute atomic E-state index is 0.972. The normalized spacial score (nSPS) is 20.6. The van der Waals surface area contributed by atoms with Gasteiger partial charge in [0.1, 0.15) is 0 Å². The lowest BCUT2D eigenvalue weighted by molar-refractivity contribution is -0.891. The first-order valence-electron chi connectivity index (χ1n) is 4.14. The molecule has 0 spiro atoms. The lowest BCUT2D eigenvalue weighted by atomic mass is 10.3. The van der Waals surface area contributed by atoms with Crippen LogP contribution in [-0.2, 0) is 4.79 Å². The van der Waals surface area contributed by atoms with Gasteiger partial charge in [-0.1, -0.05) is 0 Å². The average Bonchev–Trinajstić information content (AvgIpc) is 1.85. The summed E-state index contributed by atoms with van der Waals surface area (Å²) in [4.78, 5) is 8.89. The highest BCUT2D eigenvalue weighted by Crippen LogP contribution is 1.96. The summed E-state index contributed by atoms with van der Waals surface area (Å²) in [7, 11) is 4.56. The Morgan fingerprint density at radius 3 is 1.83 bits per heavy atom. The topological polar surface area (TPSA) is 52.2 Å². The molecule has 0 radical (unpaired) electrons. The zero-order chi connectivity index (χ0) is 9.61. The van der Waals surface area contributed by atoms with Crippen LogP contribution in [0.15, 0.2) is 0 Å². The maximum Gasteiger partial charge on any atom is 0.0909 e. The van der Waals surface area contributed by atoms with Gasteiger partial charge in [-0.05, 0) is 6.92 Å². The molecule has 4 heteroatoms. The molecule has 1 rings (SSSR count). The number of carboxylic acid groups (broad SMARTS) is 1. The van der Waals surface area contributed by atoms with E-state index in [4.69, 9.17) is 9.90 Å². The van der Waals surface area contributed by atoms with Gasteiger partial charge in [0, 0.05) is 19.1 Å². The third-order valence-electron chi connectivity index (χ3n) is 1.79. The number of hydrogen-bond acceptors (Lipinski definition) is 3. The minimum atomic E-state index is -1.08. The van der Waals surface area contributed by atoms with E-state index in [0.717, 1.165) is 6.92 Å². The highest BCUT2D eigenvalue weighted by Gasteiger charge is 2.17. The Labute approximate surface area is 73.8 Å². The number of hydrogen-bond donors (Lipinski definition) is 1.